The predicted octanol–water partition coefficient (Wildman–Crippen LogP) is 1.67. The Balaban J connectivity index is 3.15. The van der Waals surface area contributed by atoms with Crippen LogP contribution in [0.1, 0.15) is 5.56 Å². The zero-order valence-corrected chi connectivity index (χ0v) is 7.56. The lowest BCUT2D eigenvalue weighted by atomic mass is 10.1. The fourth-order valence-electron chi connectivity index (χ4n) is 1.10. The Hall–Kier alpha value is -2.09. The Bertz CT molecular complexity index is 396. The first-order chi connectivity index (χ1) is 6.69. The van der Waals surface area contributed by atoms with Crippen molar-refractivity contribution in [2.45, 2.75) is 6.42 Å². The van der Waals surface area contributed by atoms with Gasteiger partial charge in [-0.1, -0.05) is 0 Å². The van der Waals surface area contributed by atoms with Crippen LogP contribution in [0.3, 0.4) is 0 Å². The van der Waals surface area contributed by atoms with Crippen molar-refractivity contribution < 1.29 is 9.66 Å². The zero-order chi connectivity index (χ0) is 10.6. The second-order valence-electron chi connectivity index (χ2n) is 2.59. The van der Waals surface area contributed by atoms with Gasteiger partial charge in [-0.3, -0.25) is 10.1 Å². The van der Waals surface area contributed by atoms with E-state index in [1.54, 1.807) is 0 Å². The van der Waals surface area contributed by atoms with Crippen molar-refractivity contribution in [2.24, 2.45) is 0 Å². The molecule has 0 aliphatic heterocycles. The largest absolute Gasteiger partial charge is 0.496 e. The number of nitro groups is 1. The molecule has 72 valence electrons. The Morgan fingerprint density at radius 1 is 1.64 bits per heavy atom. The second kappa shape index (κ2) is 4.23. The van der Waals surface area contributed by atoms with Crippen LogP contribution in [-0.4, -0.2) is 12.0 Å². The van der Waals surface area contributed by atoms with E-state index in [0.29, 0.717) is 11.3 Å². The van der Waals surface area contributed by atoms with Crippen LogP contribution < -0.4 is 4.74 Å². The number of rotatable bonds is 3. The van der Waals surface area contributed by atoms with Crippen molar-refractivity contribution in [1.82, 2.24) is 0 Å². The average molecular weight is 192 g/mol. The van der Waals surface area contributed by atoms with Crippen molar-refractivity contribution >= 4 is 5.69 Å². The number of hydrogen-bond acceptors (Lipinski definition) is 4. The summed E-state index contributed by atoms with van der Waals surface area (Å²) in [5.74, 6) is 0.497. The van der Waals surface area contributed by atoms with Crippen molar-refractivity contribution in [2.75, 3.05) is 7.11 Å². The van der Waals surface area contributed by atoms with E-state index in [-0.39, 0.29) is 12.1 Å². The molecule has 0 saturated heterocycles. The number of nitriles is 1. The fraction of sp³-hybridized carbons (Fsp3) is 0.222. The van der Waals surface area contributed by atoms with Crippen LogP contribution in [0, 0.1) is 21.4 Å². The van der Waals surface area contributed by atoms with Crippen molar-refractivity contribution in [3.05, 3.63) is 33.9 Å². The molecule has 0 saturated carbocycles. The van der Waals surface area contributed by atoms with Crippen molar-refractivity contribution in [3.8, 4) is 11.8 Å². The van der Waals surface area contributed by atoms with E-state index in [1.165, 1.54) is 25.3 Å². The van der Waals surface area contributed by atoms with E-state index in [1.807, 2.05) is 6.07 Å². The smallest absolute Gasteiger partial charge is 0.270 e. The van der Waals surface area contributed by atoms with Crippen LogP contribution >= 0.6 is 0 Å². The van der Waals surface area contributed by atoms with Gasteiger partial charge in [0.25, 0.3) is 5.69 Å². The van der Waals surface area contributed by atoms with E-state index in [9.17, 15) is 10.1 Å². The van der Waals surface area contributed by atoms with E-state index in [4.69, 9.17) is 10.00 Å². The summed E-state index contributed by atoms with van der Waals surface area (Å²) in [6, 6.07) is 6.11. The van der Waals surface area contributed by atoms with Crippen LogP contribution in [0.2, 0.25) is 0 Å². The Labute approximate surface area is 80.7 Å². The van der Waals surface area contributed by atoms with Crippen molar-refractivity contribution in [1.29, 1.82) is 5.26 Å². The lowest BCUT2D eigenvalue weighted by molar-refractivity contribution is -0.384. The predicted molar refractivity (Wildman–Crippen MR) is 49.0 cm³/mol. The third kappa shape index (κ3) is 1.98. The number of methoxy groups -OCH3 is 1. The summed E-state index contributed by atoms with van der Waals surface area (Å²) < 4.78 is 4.96. The van der Waals surface area contributed by atoms with Gasteiger partial charge in [-0.25, -0.2) is 0 Å². The standard InChI is InChI=1S/C9H8N2O3/c1-14-9-3-2-8(11(12)13)6-7(9)4-5-10/h2-3,6H,4H2,1H3. The Kier molecular flexibility index (Phi) is 3.02. The zero-order valence-electron chi connectivity index (χ0n) is 7.56. The summed E-state index contributed by atoms with van der Waals surface area (Å²) in [7, 11) is 1.46. The molecule has 0 bridgehead atoms. The van der Waals surface area contributed by atoms with Gasteiger partial charge in [0.05, 0.1) is 24.5 Å². The summed E-state index contributed by atoms with van der Waals surface area (Å²) in [5.41, 5.74) is 0.500. The molecule has 1 aromatic rings. The molecule has 0 radical (unpaired) electrons. The molecular formula is C9H8N2O3. The van der Waals surface area contributed by atoms with Gasteiger partial charge in [0.1, 0.15) is 5.75 Å². The first-order valence-electron chi connectivity index (χ1n) is 3.87. The summed E-state index contributed by atoms with van der Waals surface area (Å²) in [4.78, 5) is 9.94. The first-order valence-corrected chi connectivity index (χ1v) is 3.87. The van der Waals surface area contributed by atoms with E-state index >= 15 is 0 Å². The molecule has 14 heavy (non-hydrogen) atoms. The molecule has 1 aromatic carbocycles. The van der Waals surface area contributed by atoms with Gasteiger partial charge in [-0.2, -0.15) is 5.26 Å². The Morgan fingerprint density at radius 2 is 2.36 bits per heavy atom. The minimum atomic E-state index is -0.500. The minimum Gasteiger partial charge on any atom is -0.496 e. The molecule has 0 heterocycles. The highest BCUT2D eigenvalue weighted by molar-refractivity contribution is 5.44. The van der Waals surface area contributed by atoms with Gasteiger partial charge in [-0.05, 0) is 6.07 Å². The molecule has 1 rings (SSSR count). The molecule has 0 N–H and O–H groups in total. The molecule has 0 amide bonds. The van der Waals surface area contributed by atoms with E-state index in [2.05, 4.69) is 0 Å². The van der Waals surface area contributed by atoms with Gasteiger partial charge in [0, 0.05) is 17.7 Å². The normalized spacial score (nSPS) is 9.14. The van der Waals surface area contributed by atoms with Gasteiger partial charge < -0.3 is 4.74 Å². The fourth-order valence-corrected chi connectivity index (χ4v) is 1.10. The summed E-state index contributed by atoms with van der Waals surface area (Å²) in [6.07, 6.45) is 0.102. The highest BCUT2D eigenvalue weighted by atomic mass is 16.6. The van der Waals surface area contributed by atoms with Gasteiger partial charge in [-0.15, -0.1) is 0 Å². The second-order valence-corrected chi connectivity index (χ2v) is 2.59. The minimum absolute atomic E-state index is 0.0314. The number of nitro benzene ring substituents is 1. The van der Waals surface area contributed by atoms with Crippen LogP contribution in [0.25, 0.3) is 0 Å². The first kappa shape index (κ1) is 9.99. The van der Waals surface area contributed by atoms with E-state index in [0.717, 1.165) is 0 Å². The molecular weight excluding hydrogens is 184 g/mol. The molecule has 0 spiro atoms. The number of nitrogens with zero attached hydrogens (tertiary/aromatic N) is 2. The van der Waals surface area contributed by atoms with Crippen LogP contribution in [0.15, 0.2) is 18.2 Å². The topological polar surface area (TPSA) is 76.2 Å². The number of ether oxygens (including phenoxy) is 1. The average Bonchev–Trinajstić information content (AvgIpc) is 2.18. The highest BCUT2D eigenvalue weighted by Gasteiger charge is 2.10. The monoisotopic (exact) mass is 192 g/mol. The van der Waals surface area contributed by atoms with E-state index < -0.39 is 4.92 Å². The quantitative estimate of drug-likeness (QED) is 0.539. The summed E-state index contributed by atoms with van der Waals surface area (Å²) in [5, 5.41) is 18.9. The third-order valence-corrected chi connectivity index (χ3v) is 1.74. The van der Waals surface area contributed by atoms with Gasteiger partial charge >= 0.3 is 0 Å². The molecule has 0 atom stereocenters. The summed E-state index contributed by atoms with van der Waals surface area (Å²) in [6.45, 7) is 0. The lowest BCUT2D eigenvalue weighted by Gasteiger charge is -2.04. The van der Waals surface area contributed by atoms with Crippen molar-refractivity contribution in [3.63, 3.8) is 0 Å². The number of benzene rings is 1. The molecule has 0 aliphatic carbocycles. The SMILES string of the molecule is COc1ccc([N+](=O)[O-])cc1CC#N. The molecule has 5 nitrogen and oxygen atoms in total. The maximum Gasteiger partial charge on any atom is 0.270 e. The maximum absolute atomic E-state index is 10.4. The van der Waals surface area contributed by atoms with Crippen LogP contribution in [0.5, 0.6) is 5.75 Å². The molecule has 0 aromatic heterocycles. The molecule has 5 heteroatoms. The lowest BCUT2D eigenvalue weighted by Crippen LogP contribution is -1.94. The number of hydrogen-bond donors (Lipinski definition) is 0. The maximum atomic E-state index is 10.4. The van der Waals surface area contributed by atoms with Crippen LogP contribution in [0.4, 0.5) is 5.69 Å². The van der Waals surface area contributed by atoms with Gasteiger partial charge in [0.2, 0.25) is 0 Å². The Morgan fingerprint density at radius 3 is 2.86 bits per heavy atom. The number of non-ortho nitro benzene ring substituents is 1. The third-order valence-electron chi connectivity index (χ3n) is 1.74. The summed E-state index contributed by atoms with van der Waals surface area (Å²) >= 11 is 0. The molecule has 0 unspecified atom stereocenters. The molecule has 0 aliphatic rings. The van der Waals surface area contributed by atoms with Crippen LogP contribution in [-0.2, 0) is 6.42 Å². The molecule has 0 fully saturated rings. The highest BCUT2D eigenvalue weighted by Crippen LogP contribution is 2.23. The van der Waals surface area contributed by atoms with Gasteiger partial charge in [0.15, 0.2) is 0 Å².